The van der Waals surface area contributed by atoms with Gasteiger partial charge in [-0.05, 0) is 26.2 Å². The van der Waals surface area contributed by atoms with Crippen molar-refractivity contribution in [2.45, 2.75) is 40.5 Å². The Morgan fingerprint density at radius 3 is 1.92 bits per heavy atom. The van der Waals surface area contributed by atoms with Crippen LogP contribution in [0, 0.1) is 5.92 Å². The first-order valence-corrected chi connectivity index (χ1v) is 5.41. The summed E-state index contributed by atoms with van der Waals surface area (Å²) in [6.07, 6.45) is 2.71. The monoisotopic (exact) mass is 172 g/mol. The SMILES string of the molecule is CCC(C)CC[N+](C)(CC)CC. The van der Waals surface area contributed by atoms with E-state index in [1.165, 1.54) is 37.0 Å². The highest BCUT2D eigenvalue weighted by molar-refractivity contribution is 4.49. The molecule has 0 aromatic carbocycles. The van der Waals surface area contributed by atoms with Gasteiger partial charge in [-0.1, -0.05) is 20.3 Å². The molecule has 74 valence electrons. The zero-order valence-corrected chi connectivity index (χ0v) is 9.56. The molecule has 1 atom stereocenters. The molecule has 1 nitrogen and oxygen atoms in total. The maximum Gasteiger partial charge on any atom is 0.0786 e. The van der Waals surface area contributed by atoms with Crippen molar-refractivity contribution in [3.05, 3.63) is 0 Å². The van der Waals surface area contributed by atoms with Gasteiger partial charge in [0.25, 0.3) is 0 Å². The lowest BCUT2D eigenvalue weighted by atomic mass is 10.0. The van der Waals surface area contributed by atoms with E-state index in [-0.39, 0.29) is 0 Å². The highest BCUT2D eigenvalue weighted by atomic mass is 15.3. The number of quaternary nitrogens is 1. The molecule has 0 aliphatic heterocycles. The summed E-state index contributed by atoms with van der Waals surface area (Å²) in [7, 11) is 2.36. The van der Waals surface area contributed by atoms with E-state index in [2.05, 4.69) is 34.7 Å². The van der Waals surface area contributed by atoms with Gasteiger partial charge in [0.15, 0.2) is 0 Å². The van der Waals surface area contributed by atoms with Crippen LogP contribution in [0.5, 0.6) is 0 Å². The van der Waals surface area contributed by atoms with Gasteiger partial charge in [0, 0.05) is 0 Å². The van der Waals surface area contributed by atoms with Gasteiger partial charge >= 0.3 is 0 Å². The third kappa shape index (κ3) is 4.10. The molecule has 0 radical (unpaired) electrons. The van der Waals surface area contributed by atoms with Gasteiger partial charge in [-0.3, -0.25) is 0 Å². The van der Waals surface area contributed by atoms with Crippen LogP contribution in [0.1, 0.15) is 40.5 Å². The Morgan fingerprint density at radius 1 is 1.08 bits per heavy atom. The molecule has 0 heterocycles. The fourth-order valence-corrected chi connectivity index (χ4v) is 1.28. The molecule has 0 aliphatic carbocycles. The van der Waals surface area contributed by atoms with Gasteiger partial charge in [-0.2, -0.15) is 0 Å². The number of hydrogen-bond acceptors (Lipinski definition) is 0. The van der Waals surface area contributed by atoms with Crippen molar-refractivity contribution in [1.29, 1.82) is 0 Å². The number of hydrogen-bond donors (Lipinski definition) is 0. The minimum Gasteiger partial charge on any atom is -0.326 e. The standard InChI is InChI=1S/C11H26N/c1-6-11(4)9-10-12(5,7-2)8-3/h11H,6-10H2,1-5H3/q+1. The normalized spacial score (nSPS) is 14.8. The van der Waals surface area contributed by atoms with Crippen molar-refractivity contribution < 1.29 is 4.48 Å². The largest absolute Gasteiger partial charge is 0.326 e. The van der Waals surface area contributed by atoms with Crippen molar-refractivity contribution >= 4 is 0 Å². The first-order chi connectivity index (χ1) is 5.58. The summed E-state index contributed by atoms with van der Waals surface area (Å²) >= 11 is 0. The topological polar surface area (TPSA) is 0 Å². The molecule has 0 saturated heterocycles. The molecule has 1 unspecified atom stereocenters. The molecule has 0 rings (SSSR count). The molecular weight excluding hydrogens is 146 g/mol. The summed E-state index contributed by atoms with van der Waals surface area (Å²) in [4.78, 5) is 0. The molecule has 0 bridgehead atoms. The molecule has 0 spiro atoms. The van der Waals surface area contributed by atoms with Crippen LogP contribution in [-0.2, 0) is 0 Å². The second-order valence-electron chi connectivity index (χ2n) is 4.28. The van der Waals surface area contributed by atoms with Gasteiger partial charge in [0.1, 0.15) is 0 Å². The Bertz CT molecular complexity index is 106. The predicted molar refractivity (Wildman–Crippen MR) is 56.2 cm³/mol. The fraction of sp³-hybridized carbons (Fsp3) is 1.00. The molecule has 0 saturated carbocycles. The highest BCUT2D eigenvalue weighted by Crippen LogP contribution is 2.11. The van der Waals surface area contributed by atoms with Crippen LogP contribution in [0.25, 0.3) is 0 Å². The Morgan fingerprint density at radius 2 is 1.58 bits per heavy atom. The zero-order chi connectivity index (χ0) is 9.61. The lowest BCUT2D eigenvalue weighted by Crippen LogP contribution is -2.44. The van der Waals surface area contributed by atoms with Crippen molar-refractivity contribution in [2.24, 2.45) is 5.92 Å². The minimum absolute atomic E-state index is 0.903. The summed E-state index contributed by atoms with van der Waals surface area (Å²) in [6, 6.07) is 0. The van der Waals surface area contributed by atoms with Crippen molar-refractivity contribution in [1.82, 2.24) is 0 Å². The first-order valence-electron chi connectivity index (χ1n) is 5.41. The first kappa shape index (κ1) is 12.0. The number of rotatable bonds is 6. The molecule has 0 aromatic heterocycles. The van der Waals surface area contributed by atoms with Gasteiger partial charge in [-0.15, -0.1) is 0 Å². The van der Waals surface area contributed by atoms with Crippen LogP contribution < -0.4 is 0 Å². The minimum atomic E-state index is 0.903. The van der Waals surface area contributed by atoms with Gasteiger partial charge < -0.3 is 4.48 Å². The van der Waals surface area contributed by atoms with Gasteiger partial charge in [0.2, 0.25) is 0 Å². The molecule has 0 N–H and O–H groups in total. The molecule has 0 aromatic rings. The molecule has 1 heteroatoms. The fourth-order valence-electron chi connectivity index (χ4n) is 1.28. The summed E-state index contributed by atoms with van der Waals surface area (Å²) < 4.78 is 1.24. The van der Waals surface area contributed by atoms with Crippen LogP contribution in [0.15, 0.2) is 0 Å². The Labute approximate surface area is 78.4 Å². The lowest BCUT2D eigenvalue weighted by molar-refractivity contribution is -0.906. The maximum atomic E-state index is 2.36. The summed E-state index contributed by atoms with van der Waals surface area (Å²) in [6.45, 7) is 13.1. The molecule has 12 heavy (non-hydrogen) atoms. The van der Waals surface area contributed by atoms with Crippen LogP contribution in [-0.4, -0.2) is 31.2 Å². The zero-order valence-electron chi connectivity index (χ0n) is 9.56. The van der Waals surface area contributed by atoms with Crippen LogP contribution in [0.4, 0.5) is 0 Å². The lowest BCUT2D eigenvalue weighted by Gasteiger charge is -2.33. The average molecular weight is 172 g/mol. The quantitative estimate of drug-likeness (QED) is 0.540. The van der Waals surface area contributed by atoms with E-state index in [1.54, 1.807) is 0 Å². The van der Waals surface area contributed by atoms with Gasteiger partial charge in [0.05, 0.1) is 26.7 Å². The smallest absolute Gasteiger partial charge is 0.0786 e. The number of nitrogens with zero attached hydrogens (tertiary/aromatic N) is 1. The predicted octanol–water partition coefficient (Wildman–Crippen LogP) is 2.91. The Balaban J connectivity index is 3.72. The van der Waals surface area contributed by atoms with E-state index >= 15 is 0 Å². The van der Waals surface area contributed by atoms with E-state index in [0.29, 0.717) is 0 Å². The Hall–Kier alpha value is -0.0400. The van der Waals surface area contributed by atoms with E-state index in [1.807, 2.05) is 0 Å². The molecule has 0 aliphatic rings. The maximum absolute atomic E-state index is 2.36. The van der Waals surface area contributed by atoms with Gasteiger partial charge in [-0.25, -0.2) is 0 Å². The van der Waals surface area contributed by atoms with Crippen molar-refractivity contribution in [2.75, 3.05) is 26.7 Å². The molecular formula is C11H26N+. The van der Waals surface area contributed by atoms with Crippen LogP contribution >= 0.6 is 0 Å². The summed E-state index contributed by atoms with van der Waals surface area (Å²) in [5.41, 5.74) is 0. The van der Waals surface area contributed by atoms with E-state index in [0.717, 1.165) is 5.92 Å². The average Bonchev–Trinajstić information content (AvgIpc) is 2.13. The summed E-state index contributed by atoms with van der Waals surface area (Å²) in [5, 5.41) is 0. The summed E-state index contributed by atoms with van der Waals surface area (Å²) in [5.74, 6) is 0.903. The van der Waals surface area contributed by atoms with E-state index < -0.39 is 0 Å². The van der Waals surface area contributed by atoms with Crippen LogP contribution in [0.3, 0.4) is 0 Å². The second kappa shape index (κ2) is 5.58. The van der Waals surface area contributed by atoms with Crippen LogP contribution in [0.2, 0.25) is 0 Å². The molecule has 0 amide bonds. The molecule has 0 fully saturated rings. The third-order valence-corrected chi connectivity index (χ3v) is 3.39. The highest BCUT2D eigenvalue weighted by Gasteiger charge is 2.16. The Kier molecular flexibility index (Phi) is 5.56. The third-order valence-electron chi connectivity index (χ3n) is 3.39. The van der Waals surface area contributed by atoms with E-state index in [4.69, 9.17) is 0 Å². The van der Waals surface area contributed by atoms with Crippen molar-refractivity contribution in [3.8, 4) is 0 Å². The van der Waals surface area contributed by atoms with Crippen molar-refractivity contribution in [3.63, 3.8) is 0 Å². The van der Waals surface area contributed by atoms with E-state index in [9.17, 15) is 0 Å². The second-order valence-corrected chi connectivity index (χ2v) is 4.28.